The zero-order valence-corrected chi connectivity index (χ0v) is 10.4. The predicted molar refractivity (Wildman–Crippen MR) is 64.0 cm³/mol. The van der Waals surface area contributed by atoms with E-state index in [1.807, 2.05) is 14.0 Å². The first-order chi connectivity index (χ1) is 7.03. The number of rotatable bonds is 4. The van der Waals surface area contributed by atoms with E-state index in [-0.39, 0.29) is 0 Å². The first kappa shape index (κ1) is 12.9. The van der Waals surface area contributed by atoms with Crippen LogP contribution in [-0.2, 0) is 0 Å². The van der Waals surface area contributed by atoms with Crippen molar-refractivity contribution in [2.75, 3.05) is 33.2 Å². The van der Waals surface area contributed by atoms with Gasteiger partial charge in [-0.15, -0.1) is 0 Å². The highest BCUT2D eigenvalue weighted by Gasteiger charge is 2.25. The van der Waals surface area contributed by atoms with Gasteiger partial charge < -0.3 is 15.3 Å². The van der Waals surface area contributed by atoms with Gasteiger partial charge in [0.25, 0.3) is 0 Å². The van der Waals surface area contributed by atoms with Crippen LogP contribution in [0.15, 0.2) is 0 Å². The Balaban J connectivity index is 2.31. The van der Waals surface area contributed by atoms with Crippen molar-refractivity contribution in [3.05, 3.63) is 0 Å². The molecular weight excluding hydrogens is 188 g/mol. The Morgan fingerprint density at radius 2 is 2.13 bits per heavy atom. The van der Waals surface area contributed by atoms with E-state index in [1.54, 1.807) is 0 Å². The highest BCUT2D eigenvalue weighted by Crippen LogP contribution is 2.21. The van der Waals surface area contributed by atoms with Crippen LogP contribution in [0.1, 0.15) is 33.1 Å². The summed E-state index contributed by atoms with van der Waals surface area (Å²) in [4.78, 5) is 2.49. The fourth-order valence-electron chi connectivity index (χ4n) is 2.36. The number of nitrogens with one attached hydrogen (secondary N) is 1. The average Bonchev–Trinajstić information content (AvgIpc) is 2.28. The van der Waals surface area contributed by atoms with Crippen LogP contribution >= 0.6 is 0 Å². The molecule has 1 saturated heterocycles. The summed E-state index contributed by atoms with van der Waals surface area (Å²) in [6.07, 6.45) is 2.99. The maximum absolute atomic E-state index is 9.97. The molecule has 0 amide bonds. The minimum atomic E-state index is -0.430. The number of hydrogen-bond acceptors (Lipinski definition) is 3. The van der Waals surface area contributed by atoms with Crippen LogP contribution in [0.5, 0.6) is 0 Å². The normalized spacial score (nSPS) is 31.2. The fraction of sp³-hybridized carbons (Fsp3) is 1.00. The highest BCUT2D eigenvalue weighted by atomic mass is 16.3. The summed E-state index contributed by atoms with van der Waals surface area (Å²) < 4.78 is 0. The van der Waals surface area contributed by atoms with Gasteiger partial charge in [0.05, 0.1) is 5.60 Å². The van der Waals surface area contributed by atoms with Gasteiger partial charge in [-0.25, -0.2) is 0 Å². The zero-order valence-electron chi connectivity index (χ0n) is 10.4. The molecule has 0 spiro atoms. The molecule has 2 unspecified atom stereocenters. The quantitative estimate of drug-likeness (QED) is 0.735. The van der Waals surface area contributed by atoms with Crippen molar-refractivity contribution in [3.8, 4) is 0 Å². The van der Waals surface area contributed by atoms with Crippen molar-refractivity contribution in [1.82, 2.24) is 10.2 Å². The van der Waals surface area contributed by atoms with E-state index >= 15 is 0 Å². The Bertz CT molecular complexity index is 182. The molecule has 1 rings (SSSR count). The maximum Gasteiger partial charge on any atom is 0.0632 e. The lowest BCUT2D eigenvalue weighted by Gasteiger charge is -2.25. The summed E-state index contributed by atoms with van der Waals surface area (Å²) in [5, 5.41) is 13.2. The largest absolute Gasteiger partial charge is 0.390 e. The van der Waals surface area contributed by atoms with Gasteiger partial charge in [-0.2, -0.15) is 0 Å². The topological polar surface area (TPSA) is 35.5 Å². The molecule has 0 aromatic carbocycles. The standard InChI is InChI=1S/C12H26N2O/c1-11(9-13-3)10-14-7-4-5-12(2,15)6-8-14/h11,13,15H,4-10H2,1-3H3. The van der Waals surface area contributed by atoms with Gasteiger partial charge in [0.15, 0.2) is 0 Å². The van der Waals surface area contributed by atoms with E-state index in [4.69, 9.17) is 0 Å². The minimum absolute atomic E-state index is 0.430. The van der Waals surface area contributed by atoms with Gasteiger partial charge in [-0.3, -0.25) is 0 Å². The second-order valence-electron chi connectivity index (χ2n) is 5.31. The third kappa shape index (κ3) is 4.96. The number of aliphatic hydroxyl groups is 1. The summed E-state index contributed by atoms with van der Waals surface area (Å²) in [5.74, 6) is 0.693. The molecular formula is C12H26N2O. The van der Waals surface area contributed by atoms with Crippen molar-refractivity contribution < 1.29 is 5.11 Å². The van der Waals surface area contributed by atoms with E-state index in [9.17, 15) is 5.11 Å². The summed E-state index contributed by atoms with van der Waals surface area (Å²) >= 11 is 0. The highest BCUT2D eigenvalue weighted by molar-refractivity contribution is 4.79. The zero-order chi connectivity index (χ0) is 11.3. The fourth-order valence-corrected chi connectivity index (χ4v) is 2.36. The SMILES string of the molecule is CNCC(C)CN1CCCC(C)(O)CC1. The average molecular weight is 214 g/mol. The Morgan fingerprint density at radius 1 is 1.40 bits per heavy atom. The van der Waals surface area contributed by atoms with E-state index < -0.39 is 5.60 Å². The molecule has 1 aliphatic heterocycles. The van der Waals surface area contributed by atoms with Crippen molar-refractivity contribution >= 4 is 0 Å². The van der Waals surface area contributed by atoms with Crippen LogP contribution in [0.25, 0.3) is 0 Å². The van der Waals surface area contributed by atoms with E-state index in [0.717, 1.165) is 45.4 Å². The molecule has 0 saturated carbocycles. The molecule has 2 N–H and O–H groups in total. The lowest BCUT2D eigenvalue weighted by atomic mass is 9.98. The van der Waals surface area contributed by atoms with Crippen LogP contribution in [0.2, 0.25) is 0 Å². The first-order valence-corrected chi connectivity index (χ1v) is 6.13. The second-order valence-corrected chi connectivity index (χ2v) is 5.31. The first-order valence-electron chi connectivity index (χ1n) is 6.13. The maximum atomic E-state index is 9.97. The lowest BCUT2D eigenvalue weighted by molar-refractivity contribution is 0.0442. The van der Waals surface area contributed by atoms with Crippen molar-refractivity contribution in [2.24, 2.45) is 5.92 Å². The minimum Gasteiger partial charge on any atom is -0.390 e. The molecule has 1 fully saturated rings. The molecule has 0 aromatic heterocycles. The molecule has 1 aliphatic rings. The van der Waals surface area contributed by atoms with Crippen LogP contribution in [0.3, 0.4) is 0 Å². The molecule has 0 radical (unpaired) electrons. The molecule has 0 aromatic rings. The molecule has 15 heavy (non-hydrogen) atoms. The molecule has 0 bridgehead atoms. The van der Waals surface area contributed by atoms with Crippen molar-refractivity contribution in [3.63, 3.8) is 0 Å². The molecule has 90 valence electrons. The van der Waals surface area contributed by atoms with Crippen LogP contribution in [-0.4, -0.2) is 48.8 Å². The Morgan fingerprint density at radius 3 is 2.80 bits per heavy atom. The smallest absolute Gasteiger partial charge is 0.0632 e. The van der Waals surface area contributed by atoms with Gasteiger partial charge in [0.1, 0.15) is 0 Å². The second kappa shape index (κ2) is 5.83. The monoisotopic (exact) mass is 214 g/mol. The number of nitrogens with zero attached hydrogens (tertiary/aromatic N) is 1. The van der Waals surface area contributed by atoms with Gasteiger partial charge in [-0.05, 0) is 52.2 Å². The number of hydrogen-bond donors (Lipinski definition) is 2. The molecule has 2 atom stereocenters. The Hall–Kier alpha value is -0.120. The van der Waals surface area contributed by atoms with Gasteiger partial charge in [0.2, 0.25) is 0 Å². The van der Waals surface area contributed by atoms with Crippen LogP contribution in [0.4, 0.5) is 0 Å². The van der Waals surface area contributed by atoms with Crippen LogP contribution < -0.4 is 5.32 Å². The van der Waals surface area contributed by atoms with Crippen molar-refractivity contribution in [2.45, 2.75) is 38.7 Å². The summed E-state index contributed by atoms with van der Waals surface area (Å²) in [6, 6.07) is 0. The Labute approximate surface area is 93.9 Å². The lowest BCUT2D eigenvalue weighted by Crippen LogP contribution is -2.34. The molecule has 1 heterocycles. The predicted octanol–water partition coefficient (Wildman–Crippen LogP) is 1.08. The third-order valence-electron chi connectivity index (χ3n) is 3.28. The molecule has 3 heteroatoms. The molecule has 0 aliphatic carbocycles. The van der Waals surface area contributed by atoms with E-state index in [2.05, 4.69) is 17.1 Å². The summed E-state index contributed by atoms with van der Waals surface area (Å²) in [7, 11) is 2.00. The van der Waals surface area contributed by atoms with E-state index in [0.29, 0.717) is 5.92 Å². The van der Waals surface area contributed by atoms with Crippen molar-refractivity contribution in [1.29, 1.82) is 0 Å². The third-order valence-corrected chi connectivity index (χ3v) is 3.28. The Kier molecular flexibility index (Phi) is 5.03. The van der Waals surface area contributed by atoms with Gasteiger partial charge >= 0.3 is 0 Å². The van der Waals surface area contributed by atoms with Crippen LogP contribution in [0, 0.1) is 5.92 Å². The molecule has 3 nitrogen and oxygen atoms in total. The number of likely N-dealkylation sites (tertiary alicyclic amines) is 1. The van der Waals surface area contributed by atoms with Gasteiger partial charge in [-0.1, -0.05) is 6.92 Å². The van der Waals surface area contributed by atoms with Gasteiger partial charge in [0, 0.05) is 13.1 Å². The summed E-state index contributed by atoms with van der Waals surface area (Å²) in [6.45, 7) is 8.65. The van der Waals surface area contributed by atoms with E-state index in [1.165, 1.54) is 0 Å². The summed E-state index contributed by atoms with van der Waals surface area (Å²) in [5.41, 5.74) is -0.430.